The summed E-state index contributed by atoms with van der Waals surface area (Å²) in [4.78, 5) is 0. The summed E-state index contributed by atoms with van der Waals surface area (Å²) in [7, 11) is 3.60. The molecule has 102 valence electrons. The van der Waals surface area contributed by atoms with Gasteiger partial charge in [-0.25, -0.2) is 0 Å². The standard InChI is InChI=1S/C12H21N3OS2/c1-4-9-12(18-6-5-17-9)10(13)11-8(16-3)7-14-15(11)2/h7,9-10,12H,4-6,13H2,1-3H3. The number of ether oxygens (including phenoxy) is 1. The smallest absolute Gasteiger partial charge is 0.161 e. The number of thioether (sulfide) groups is 2. The molecular weight excluding hydrogens is 266 g/mol. The Hall–Kier alpha value is -0.330. The van der Waals surface area contributed by atoms with E-state index in [2.05, 4.69) is 12.0 Å². The molecule has 1 aliphatic rings. The molecule has 3 unspecified atom stereocenters. The Morgan fingerprint density at radius 2 is 2.28 bits per heavy atom. The highest BCUT2D eigenvalue weighted by Crippen LogP contribution is 2.40. The Morgan fingerprint density at radius 3 is 2.94 bits per heavy atom. The Morgan fingerprint density at radius 1 is 1.56 bits per heavy atom. The summed E-state index contributed by atoms with van der Waals surface area (Å²) in [6.45, 7) is 2.24. The minimum absolute atomic E-state index is 0.0183. The predicted molar refractivity (Wildman–Crippen MR) is 79.5 cm³/mol. The zero-order valence-corrected chi connectivity index (χ0v) is 12.8. The van der Waals surface area contributed by atoms with Gasteiger partial charge in [0, 0.05) is 29.1 Å². The Kier molecular flexibility index (Phi) is 4.86. The summed E-state index contributed by atoms with van der Waals surface area (Å²) in [6, 6.07) is -0.0183. The summed E-state index contributed by atoms with van der Waals surface area (Å²) in [6.07, 6.45) is 2.91. The topological polar surface area (TPSA) is 53.1 Å². The van der Waals surface area contributed by atoms with Crippen LogP contribution >= 0.6 is 23.5 Å². The van der Waals surface area contributed by atoms with Crippen LogP contribution in [0.3, 0.4) is 0 Å². The summed E-state index contributed by atoms with van der Waals surface area (Å²) < 4.78 is 7.21. The van der Waals surface area contributed by atoms with E-state index in [0.717, 1.165) is 17.9 Å². The summed E-state index contributed by atoms with van der Waals surface area (Å²) in [5.74, 6) is 3.21. The van der Waals surface area contributed by atoms with E-state index in [1.54, 1.807) is 13.3 Å². The number of aromatic nitrogens is 2. The molecule has 0 bridgehead atoms. The highest BCUT2D eigenvalue weighted by molar-refractivity contribution is 8.07. The fraction of sp³-hybridized carbons (Fsp3) is 0.750. The summed E-state index contributed by atoms with van der Waals surface area (Å²) in [5, 5.41) is 5.32. The molecule has 0 saturated carbocycles. The van der Waals surface area contributed by atoms with Gasteiger partial charge in [0.2, 0.25) is 0 Å². The van der Waals surface area contributed by atoms with Gasteiger partial charge in [-0.3, -0.25) is 4.68 Å². The second-order valence-corrected chi connectivity index (χ2v) is 7.03. The van der Waals surface area contributed by atoms with Crippen molar-refractivity contribution < 1.29 is 4.74 Å². The van der Waals surface area contributed by atoms with Gasteiger partial charge in [-0.1, -0.05) is 6.92 Å². The van der Waals surface area contributed by atoms with Crippen molar-refractivity contribution in [3.8, 4) is 5.75 Å². The van der Waals surface area contributed by atoms with Crippen LogP contribution in [0, 0.1) is 0 Å². The van der Waals surface area contributed by atoms with Crippen molar-refractivity contribution in [2.24, 2.45) is 12.8 Å². The number of nitrogens with two attached hydrogens (primary N) is 1. The number of hydrogen-bond donors (Lipinski definition) is 1. The van der Waals surface area contributed by atoms with Crippen LogP contribution in [0.5, 0.6) is 5.75 Å². The normalized spacial score (nSPS) is 26.0. The number of hydrogen-bond acceptors (Lipinski definition) is 5. The lowest BCUT2D eigenvalue weighted by Gasteiger charge is -2.34. The van der Waals surface area contributed by atoms with E-state index < -0.39 is 0 Å². The van der Waals surface area contributed by atoms with Gasteiger partial charge in [0.15, 0.2) is 5.75 Å². The monoisotopic (exact) mass is 287 g/mol. The molecule has 6 heteroatoms. The van der Waals surface area contributed by atoms with Gasteiger partial charge < -0.3 is 10.5 Å². The van der Waals surface area contributed by atoms with E-state index in [1.165, 1.54) is 11.5 Å². The third-order valence-electron chi connectivity index (χ3n) is 3.33. The average Bonchev–Trinajstić information content (AvgIpc) is 2.79. The van der Waals surface area contributed by atoms with Crippen molar-refractivity contribution in [2.45, 2.75) is 29.9 Å². The van der Waals surface area contributed by atoms with Crippen LogP contribution < -0.4 is 10.5 Å². The summed E-state index contributed by atoms with van der Waals surface area (Å²) >= 11 is 4.03. The Bertz CT molecular complexity index is 397. The van der Waals surface area contributed by atoms with Crippen molar-refractivity contribution in [2.75, 3.05) is 18.6 Å². The van der Waals surface area contributed by atoms with Crippen molar-refractivity contribution in [1.29, 1.82) is 0 Å². The molecule has 0 spiro atoms. The number of aryl methyl sites for hydroxylation is 1. The molecule has 0 amide bonds. The molecular formula is C12H21N3OS2. The van der Waals surface area contributed by atoms with Gasteiger partial charge in [0.25, 0.3) is 0 Å². The van der Waals surface area contributed by atoms with Crippen molar-refractivity contribution in [1.82, 2.24) is 9.78 Å². The molecule has 1 aromatic rings. The van der Waals surface area contributed by atoms with E-state index in [1.807, 2.05) is 35.3 Å². The predicted octanol–water partition coefficient (Wildman–Crippen LogP) is 2.06. The molecule has 4 nitrogen and oxygen atoms in total. The molecule has 2 rings (SSSR count). The maximum absolute atomic E-state index is 6.48. The van der Waals surface area contributed by atoms with E-state index >= 15 is 0 Å². The zero-order chi connectivity index (χ0) is 13.1. The van der Waals surface area contributed by atoms with Crippen LogP contribution in [0.15, 0.2) is 6.20 Å². The van der Waals surface area contributed by atoms with Gasteiger partial charge in [-0.15, -0.1) is 0 Å². The molecule has 3 atom stereocenters. The first-order chi connectivity index (χ1) is 8.69. The molecule has 0 aliphatic carbocycles. The second kappa shape index (κ2) is 6.21. The fourth-order valence-corrected chi connectivity index (χ4v) is 5.54. The van der Waals surface area contributed by atoms with E-state index in [0.29, 0.717) is 10.5 Å². The lowest BCUT2D eigenvalue weighted by Crippen LogP contribution is -2.36. The average molecular weight is 287 g/mol. The second-order valence-electron chi connectivity index (χ2n) is 4.40. The number of rotatable bonds is 4. The maximum Gasteiger partial charge on any atom is 0.161 e. The van der Waals surface area contributed by atoms with Crippen molar-refractivity contribution in [3.63, 3.8) is 0 Å². The number of nitrogens with zero attached hydrogens (tertiary/aromatic N) is 2. The molecule has 2 N–H and O–H groups in total. The first kappa shape index (κ1) is 14.1. The molecule has 0 aromatic carbocycles. The van der Waals surface area contributed by atoms with Crippen LogP contribution in [0.1, 0.15) is 25.1 Å². The molecule has 18 heavy (non-hydrogen) atoms. The minimum atomic E-state index is -0.0183. The Balaban J connectivity index is 2.23. The third kappa shape index (κ3) is 2.65. The van der Waals surface area contributed by atoms with Crippen LogP contribution in [0.4, 0.5) is 0 Å². The Labute approximate surface area is 117 Å². The quantitative estimate of drug-likeness (QED) is 0.918. The molecule has 1 aliphatic heterocycles. The zero-order valence-electron chi connectivity index (χ0n) is 11.1. The first-order valence-corrected chi connectivity index (χ1v) is 8.33. The molecule has 1 aromatic heterocycles. The minimum Gasteiger partial charge on any atom is -0.493 e. The fourth-order valence-electron chi connectivity index (χ4n) is 2.39. The SMILES string of the molecule is CCC1SCCSC1C(N)c1c(OC)cnn1C. The maximum atomic E-state index is 6.48. The molecule has 1 saturated heterocycles. The van der Waals surface area contributed by atoms with Gasteiger partial charge >= 0.3 is 0 Å². The molecule has 0 radical (unpaired) electrons. The van der Waals surface area contributed by atoms with Gasteiger partial charge in [-0.2, -0.15) is 28.6 Å². The van der Waals surface area contributed by atoms with Crippen LogP contribution in [0.25, 0.3) is 0 Å². The molecule has 2 heterocycles. The largest absolute Gasteiger partial charge is 0.493 e. The van der Waals surface area contributed by atoms with Gasteiger partial charge in [-0.05, 0) is 6.42 Å². The number of methoxy groups -OCH3 is 1. The highest BCUT2D eigenvalue weighted by atomic mass is 32.2. The van der Waals surface area contributed by atoms with Gasteiger partial charge in [0.1, 0.15) is 0 Å². The lowest BCUT2D eigenvalue weighted by atomic mass is 10.1. The van der Waals surface area contributed by atoms with E-state index in [9.17, 15) is 0 Å². The van der Waals surface area contributed by atoms with Crippen molar-refractivity contribution >= 4 is 23.5 Å². The van der Waals surface area contributed by atoms with Gasteiger partial charge in [0.05, 0.1) is 25.0 Å². The molecule has 1 fully saturated rings. The van der Waals surface area contributed by atoms with Crippen LogP contribution in [-0.4, -0.2) is 38.9 Å². The third-order valence-corrected chi connectivity index (χ3v) is 6.70. The van der Waals surface area contributed by atoms with E-state index in [-0.39, 0.29) is 6.04 Å². The van der Waals surface area contributed by atoms with E-state index in [4.69, 9.17) is 10.5 Å². The van der Waals surface area contributed by atoms with Crippen LogP contribution in [0.2, 0.25) is 0 Å². The van der Waals surface area contributed by atoms with Crippen LogP contribution in [-0.2, 0) is 7.05 Å². The van der Waals surface area contributed by atoms with Crippen molar-refractivity contribution in [3.05, 3.63) is 11.9 Å². The highest BCUT2D eigenvalue weighted by Gasteiger charge is 2.33. The summed E-state index contributed by atoms with van der Waals surface area (Å²) in [5.41, 5.74) is 7.49. The lowest BCUT2D eigenvalue weighted by molar-refractivity contribution is 0.401. The first-order valence-electron chi connectivity index (χ1n) is 6.23.